The van der Waals surface area contributed by atoms with Crippen LogP contribution in [0, 0.1) is 5.92 Å². The van der Waals surface area contributed by atoms with E-state index in [0.29, 0.717) is 44.8 Å². The molecule has 0 spiro atoms. The summed E-state index contributed by atoms with van der Waals surface area (Å²) in [5, 5.41) is 4.88. The summed E-state index contributed by atoms with van der Waals surface area (Å²) in [7, 11) is 0. The monoisotopic (exact) mass is 386 g/mol. The molecule has 1 atom stereocenters. The molecule has 1 N–H and O–H groups in total. The number of hydrogen-bond acceptors (Lipinski definition) is 5. The van der Waals surface area contributed by atoms with Gasteiger partial charge in [-0.25, -0.2) is 0 Å². The molecule has 1 unspecified atom stereocenters. The molecule has 2 aliphatic heterocycles. The highest BCUT2D eigenvalue weighted by atomic mass is 32.1. The Morgan fingerprint density at radius 3 is 2.63 bits per heavy atom. The van der Waals surface area contributed by atoms with Crippen molar-refractivity contribution >= 4 is 23.2 Å². The predicted molar refractivity (Wildman–Crippen MR) is 102 cm³/mol. The van der Waals surface area contributed by atoms with Gasteiger partial charge < -0.3 is 19.7 Å². The molecule has 0 radical (unpaired) electrons. The van der Waals surface area contributed by atoms with Crippen LogP contribution in [0.2, 0.25) is 0 Å². The van der Waals surface area contributed by atoms with Crippen LogP contribution in [0.4, 0.5) is 0 Å². The highest BCUT2D eigenvalue weighted by Gasteiger charge is 2.29. The molecule has 1 fully saturated rings. The first-order chi connectivity index (χ1) is 13.2. The quantitative estimate of drug-likeness (QED) is 0.877. The number of ether oxygens (including phenoxy) is 2. The largest absolute Gasteiger partial charge is 0.486 e. The van der Waals surface area contributed by atoms with E-state index in [9.17, 15) is 9.59 Å². The number of benzene rings is 1. The zero-order chi connectivity index (χ0) is 18.6. The molecule has 2 aromatic rings. The Morgan fingerprint density at radius 1 is 1.11 bits per heavy atom. The molecule has 0 bridgehead atoms. The number of rotatable bonds is 4. The summed E-state index contributed by atoms with van der Waals surface area (Å²) >= 11 is 1.45. The molecule has 6 nitrogen and oxygen atoms in total. The lowest BCUT2D eigenvalue weighted by atomic mass is 9.95. The second-order valence-corrected chi connectivity index (χ2v) is 7.73. The third-order valence-electron chi connectivity index (χ3n) is 4.96. The number of piperidine rings is 1. The smallest absolute Gasteiger partial charge is 0.263 e. The van der Waals surface area contributed by atoms with Gasteiger partial charge in [-0.05, 0) is 36.4 Å². The molecule has 0 aliphatic carbocycles. The van der Waals surface area contributed by atoms with E-state index in [1.54, 1.807) is 0 Å². The Bertz CT molecular complexity index is 800. The van der Waals surface area contributed by atoms with Crippen LogP contribution in [0.15, 0.2) is 41.8 Å². The molecular weight excluding hydrogens is 364 g/mol. The van der Waals surface area contributed by atoms with Crippen LogP contribution in [0.3, 0.4) is 0 Å². The summed E-state index contributed by atoms with van der Waals surface area (Å²) in [6.45, 7) is 2.07. The minimum atomic E-state index is -0.190. The standard InChI is InChI=1S/C20H22N2O4S/c23-19(21-12-15-13-25-16-4-1-2-5-17(16)26-15)14-7-9-22(10-8-14)20(24)18-6-3-11-27-18/h1-6,11,14-15H,7-10,12-13H2,(H,21,23). The number of amides is 2. The minimum absolute atomic E-state index is 0.0284. The van der Waals surface area contributed by atoms with Crippen molar-refractivity contribution in [3.8, 4) is 11.5 Å². The molecule has 27 heavy (non-hydrogen) atoms. The second kappa shape index (κ2) is 8.00. The lowest BCUT2D eigenvalue weighted by Gasteiger charge is -2.32. The van der Waals surface area contributed by atoms with Gasteiger partial charge in [-0.1, -0.05) is 18.2 Å². The first-order valence-corrected chi connectivity index (χ1v) is 10.1. The lowest BCUT2D eigenvalue weighted by molar-refractivity contribution is -0.126. The number of carbonyl (C=O) groups is 2. The van der Waals surface area contributed by atoms with Crippen molar-refractivity contribution in [3.63, 3.8) is 0 Å². The van der Waals surface area contributed by atoms with Gasteiger partial charge in [0.2, 0.25) is 5.91 Å². The van der Waals surface area contributed by atoms with Crippen LogP contribution >= 0.6 is 11.3 Å². The molecule has 142 valence electrons. The van der Waals surface area contributed by atoms with Crippen molar-refractivity contribution in [2.75, 3.05) is 26.2 Å². The Balaban J connectivity index is 1.23. The summed E-state index contributed by atoms with van der Waals surface area (Å²) in [5.41, 5.74) is 0. The number of carbonyl (C=O) groups excluding carboxylic acids is 2. The van der Waals surface area contributed by atoms with Crippen LogP contribution in [0.5, 0.6) is 11.5 Å². The molecule has 2 amide bonds. The van der Waals surface area contributed by atoms with E-state index in [2.05, 4.69) is 5.32 Å². The van der Waals surface area contributed by atoms with Crippen molar-refractivity contribution in [2.24, 2.45) is 5.92 Å². The van der Waals surface area contributed by atoms with Gasteiger partial charge in [0, 0.05) is 19.0 Å². The molecule has 1 saturated heterocycles. The maximum atomic E-state index is 12.5. The number of nitrogens with zero attached hydrogens (tertiary/aromatic N) is 1. The zero-order valence-electron chi connectivity index (χ0n) is 14.9. The third-order valence-corrected chi connectivity index (χ3v) is 5.81. The van der Waals surface area contributed by atoms with Crippen LogP contribution in [0.25, 0.3) is 0 Å². The number of nitrogens with one attached hydrogen (secondary N) is 1. The maximum Gasteiger partial charge on any atom is 0.263 e. The fourth-order valence-corrected chi connectivity index (χ4v) is 4.11. The van der Waals surface area contributed by atoms with E-state index in [1.165, 1.54) is 11.3 Å². The number of para-hydroxylation sites is 2. The summed E-state index contributed by atoms with van der Waals surface area (Å²) < 4.78 is 11.5. The van der Waals surface area contributed by atoms with Crippen molar-refractivity contribution in [1.82, 2.24) is 10.2 Å². The molecule has 1 aromatic carbocycles. The van der Waals surface area contributed by atoms with Crippen molar-refractivity contribution < 1.29 is 19.1 Å². The van der Waals surface area contributed by atoms with Crippen molar-refractivity contribution in [1.29, 1.82) is 0 Å². The summed E-state index contributed by atoms with van der Waals surface area (Å²) in [4.78, 5) is 27.5. The van der Waals surface area contributed by atoms with Crippen LogP contribution < -0.4 is 14.8 Å². The normalized spacial score (nSPS) is 19.6. The van der Waals surface area contributed by atoms with E-state index < -0.39 is 0 Å². The molecule has 0 saturated carbocycles. The van der Waals surface area contributed by atoms with Gasteiger partial charge in [0.25, 0.3) is 5.91 Å². The summed E-state index contributed by atoms with van der Waals surface area (Å²) in [5.74, 6) is 1.48. The number of fused-ring (bicyclic) bond motifs is 1. The Kier molecular flexibility index (Phi) is 5.29. The number of likely N-dealkylation sites (tertiary alicyclic amines) is 1. The topological polar surface area (TPSA) is 67.9 Å². The van der Waals surface area contributed by atoms with Crippen LogP contribution in [-0.4, -0.2) is 49.1 Å². The van der Waals surface area contributed by atoms with Gasteiger partial charge in [0.1, 0.15) is 12.7 Å². The minimum Gasteiger partial charge on any atom is -0.486 e. The molecule has 1 aromatic heterocycles. The molecular formula is C20H22N2O4S. The number of thiophene rings is 1. The number of hydrogen-bond donors (Lipinski definition) is 1. The van der Waals surface area contributed by atoms with E-state index in [-0.39, 0.29) is 23.8 Å². The molecule has 2 aliphatic rings. The van der Waals surface area contributed by atoms with Crippen LogP contribution in [-0.2, 0) is 4.79 Å². The predicted octanol–water partition coefficient (Wildman–Crippen LogP) is 2.56. The summed E-state index contributed by atoms with van der Waals surface area (Å²) in [6.07, 6.45) is 1.19. The fraction of sp³-hybridized carbons (Fsp3) is 0.400. The highest BCUT2D eigenvalue weighted by Crippen LogP contribution is 2.30. The third kappa shape index (κ3) is 4.08. The van der Waals surface area contributed by atoms with Gasteiger partial charge in [0.15, 0.2) is 11.5 Å². The molecule has 4 rings (SSSR count). The van der Waals surface area contributed by atoms with Gasteiger partial charge >= 0.3 is 0 Å². The SMILES string of the molecule is O=C(NCC1COc2ccccc2O1)C1CCN(C(=O)c2cccs2)CC1. The first-order valence-electron chi connectivity index (χ1n) is 9.19. The Hall–Kier alpha value is -2.54. The Labute approximate surface area is 162 Å². The average Bonchev–Trinajstić information content (AvgIpc) is 3.26. The van der Waals surface area contributed by atoms with E-state index in [1.807, 2.05) is 46.7 Å². The van der Waals surface area contributed by atoms with E-state index in [0.717, 1.165) is 10.6 Å². The Morgan fingerprint density at radius 2 is 1.89 bits per heavy atom. The maximum absolute atomic E-state index is 12.5. The second-order valence-electron chi connectivity index (χ2n) is 6.79. The van der Waals surface area contributed by atoms with Gasteiger partial charge in [-0.3, -0.25) is 9.59 Å². The molecule has 7 heteroatoms. The van der Waals surface area contributed by atoms with Gasteiger partial charge in [-0.2, -0.15) is 0 Å². The molecule has 3 heterocycles. The highest BCUT2D eigenvalue weighted by molar-refractivity contribution is 7.12. The summed E-state index contributed by atoms with van der Waals surface area (Å²) in [6, 6.07) is 11.3. The van der Waals surface area contributed by atoms with Gasteiger partial charge in [0.05, 0.1) is 11.4 Å². The lowest BCUT2D eigenvalue weighted by Crippen LogP contribution is -2.46. The van der Waals surface area contributed by atoms with Crippen molar-refractivity contribution in [2.45, 2.75) is 18.9 Å². The first kappa shape index (κ1) is 17.9. The van der Waals surface area contributed by atoms with E-state index in [4.69, 9.17) is 9.47 Å². The fourth-order valence-electron chi connectivity index (χ4n) is 3.42. The van der Waals surface area contributed by atoms with E-state index >= 15 is 0 Å². The van der Waals surface area contributed by atoms with Gasteiger partial charge in [-0.15, -0.1) is 11.3 Å². The van der Waals surface area contributed by atoms with Crippen LogP contribution in [0.1, 0.15) is 22.5 Å². The van der Waals surface area contributed by atoms with Crippen molar-refractivity contribution in [3.05, 3.63) is 46.7 Å². The zero-order valence-corrected chi connectivity index (χ0v) is 15.7. The average molecular weight is 386 g/mol.